The predicted octanol–water partition coefficient (Wildman–Crippen LogP) is 1.39. The van der Waals surface area contributed by atoms with E-state index in [9.17, 15) is 5.11 Å². The molecule has 0 radical (unpaired) electrons. The first-order chi connectivity index (χ1) is 5.70. The summed E-state index contributed by atoms with van der Waals surface area (Å²) in [5, 5.41) is 13.0. The van der Waals surface area contributed by atoms with E-state index < -0.39 is 0 Å². The maximum Gasteiger partial charge on any atom is 0.0566 e. The van der Waals surface area contributed by atoms with E-state index >= 15 is 0 Å². The third kappa shape index (κ3) is 3.11. The molecule has 0 spiro atoms. The monoisotopic (exact) mass is 171 g/mol. The van der Waals surface area contributed by atoms with Crippen LogP contribution in [0.5, 0.6) is 0 Å². The summed E-state index contributed by atoms with van der Waals surface area (Å²) < 4.78 is 0. The van der Waals surface area contributed by atoms with Crippen molar-refractivity contribution in [1.29, 1.82) is 0 Å². The second-order valence-electron chi connectivity index (χ2n) is 4.26. The van der Waals surface area contributed by atoms with Gasteiger partial charge in [-0.3, -0.25) is 0 Å². The van der Waals surface area contributed by atoms with Crippen molar-refractivity contribution in [3.05, 3.63) is 0 Å². The Balaban J connectivity index is 2.20. The summed E-state index contributed by atoms with van der Waals surface area (Å²) >= 11 is 0. The molecule has 12 heavy (non-hydrogen) atoms. The highest BCUT2D eigenvalue weighted by atomic mass is 16.3. The van der Waals surface area contributed by atoms with Crippen molar-refractivity contribution in [3.8, 4) is 0 Å². The lowest BCUT2D eigenvalue weighted by molar-refractivity contribution is 0.0915. The zero-order valence-corrected chi connectivity index (χ0v) is 8.21. The van der Waals surface area contributed by atoms with E-state index in [2.05, 4.69) is 19.2 Å². The average Bonchev–Trinajstić information content (AvgIpc) is 2.06. The Kier molecular flexibility index (Phi) is 4.02. The van der Waals surface area contributed by atoms with Gasteiger partial charge in [0.2, 0.25) is 0 Å². The summed E-state index contributed by atoms with van der Waals surface area (Å²) in [4.78, 5) is 0. The molecular formula is C10H21NO. The molecule has 1 rings (SSSR count). The van der Waals surface area contributed by atoms with E-state index in [1.165, 1.54) is 12.8 Å². The Bertz CT molecular complexity index is 119. The highest BCUT2D eigenvalue weighted by Crippen LogP contribution is 2.19. The molecule has 1 aliphatic heterocycles. The molecule has 1 heterocycles. The van der Waals surface area contributed by atoms with E-state index in [4.69, 9.17) is 0 Å². The molecule has 2 heteroatoms. The van der Waals surface area contributed by atoms with Gasteiger partial charge in [0.1, 0.15) is 0 Å². The summed E-state index contributed by atoms with van der Waals surface area (Å²) in [6.07, 6.45) is 3.44. The van der Waals surface area contributed by atoms with Gasteiger partial charge in [-0.25, -0.2) is 0 Å². The minimum atomic E-state index is -0.102. The highest BCUT2D eigenvalue weighted by molar-refractivity contribution is 4.73. The topological polar surface area (TPSA) is 32.3 Å². The lowest BCUT2D eigenvalue weighted by Crippen LogP contribution is -2.32. The summed E-state index contributed by atoms with van der Waals surface area (Å²) in [5.74, 6) is 1.11. The quantitative estimate of drug-likeness (QED) is 0.672. The first-order valence-corrected chi connectivity index (χ1v) is 5.09. The Morgan fingerprint density at radius 3 is 2.75 bits per heavy atom. The number of hydrogen-bond acceptors (Lipinski definition) is 2. The van der Waals surface area contributed by atoms with Gasteiger partial charge in [-0.2, -0.15) is 0 Å². The van der Waals surface area contributed by atoms with Crippen LogP contribution in [0.25, 0.3) is 0 Å². The van der Waals surface area contributed by atoms with Gasteiger partial charge in [0.25, 0.3) is 0 Å². The summed E-state index contributed by atoms with van der Waals surface area (Å²) in [6, 6.07) is 0. The summed E-state index contributed by atoms with van der Waals surface area (Å²) in [7, 11) is 0. The van der Waals surface area contributed by atoms with E-state index in [1.54, 1.807) is 0 Å². The van der Waals surface area contributed by atoms with Crippen LogP contribution in [0, 0.1) is 11.8 Å². The fourth-order valence-corrected chi connectivity index (χ4v) is 1.74. The molecule has 2 nitrogen and oxygen atoms in total. The van der Waals surface area contributed by atoms with Gasteiger partial charge < -0.3 is 10.4 Å². The zero-order valence-electron chi connectivity index (χ0n) is 8.21. The van der Waals surface area contributed by atoms with Gasteiger partial charge in [-0.05, 0) is 44.2 Å². The van der Waals surface area contributed by atoms with Gasteiger partial charge >= 0.3 is 0 Å². The molecule has 0 aliphatic carbocycles. The van der Waals surface area contributed by atoms with E-state index in [0.29, 0.717) is 11.8 Å². The molecule has 2 N–H and O–H groups in total. The number of aliphatic hydroxyl groups excluding tert-OH is 1. The van der Waals surface area contributed by atoms with Crippen LogP contribution in [0.4, 0.5) is 0 Å². The molecule has 72 valence electrons. The zero-order chi connectivity index (χ0) is 8.97. The van der Waals surface area contributed by atoms with Crippen LogP contribution in [-0.2, 0) is 0 Å². The van der Waals surface area contributed by atoms with Gasteiger partial charge in [-0.1, -0.05) is 13.8 Å². The SMILES string of the molecule is CC(C)C(O)CC1CCCNC1. The molecule has 0 bridgehead atoms. The van der Waals surface area contributed by atoms with E-state index in [-0.39, 0.29) is 6.10 Å². The third-order valence-electron chi connectivity index (χ3n) is 2.74. The lowest BCUT2D eigenvalue weighted by atomic mass is 9.90. The van der Waals surface area contributed by atoms with Crippen molar-refractivity contribution in [2.75, 3.05) is 13.1 Å². The lowest BCUT2D eigenvalue weighted by Gasteiger charge is -2.26. The maximum atomic E-state index is 9.65. The second-order valence-corrected chi connectivity index (χ2v) is 4.26. The van der Waals surface area contributed by atoms with Gasteiger partial charge in [-0.15, -0.1) is 0 Å². The van der Waals surface area contributed by atoms with Gasteiger partial charge in [0.05, 0.1) is 6.10 Å². The highest BCUT2D eigenvalue weighted by Gasteiger charge is 2.18. The molecule has 2 atom stereocenters. The number of aliphatic hydroxyl groups is 1. The fourth-order valence-electron chi connectivity index (χ4n) is 1.74. The molecule has 1 aliphatic rings. The summed E-state index contributed by atoms with van der Waals surface area (Å²) in [6.45, 7) is 6.43. The summed E-state index contributed by atoms with van der Waals surface area (Å²) in [5.41, 5.74) is 0. The predicted molar refractivity (Wildman–Crippen MR) is 51.1 cm³/mol. The van der Waals surface area contributed by atoms with Crippen molar-refractivity contribution < 1.29 is 5.11 Å². The molecule has 0 aromatic carbocycles. The largest absolute Gasteiger partial charge is 0.393 e. The van der Waals surface area contributed by atoms with Crippen molar-refractivity contribution in [3.63, 3.8) is 0 Å². The molecule has 1 fully saturated rings. The van der Waals surface area contributed by atoms with Crippen LogP contribution in [0.1, 0.15) is 33.1 Å². The standard InChI is InChI=1S/C10H21NO/c1-8(2)10(12)6-9-4-3-5-11-7-9/h8-12H,3-7H2,1-2H3. The number of piperidine rings is 1. The van der Waals surface area contributed by atoms with Crippen LogP contribution in [0.3, 0.4) is 0 Å². The molecule has 1 saturated heterocycles. The molecule has 0 aromatic heterocycles. The second kappa shape index (κ2) is 4.83. The first kappa shape index (κ1) is 10.0. The molecule has 0 amide bonds. The molecule has 0 aromatic rings. The maximum absolute atomic E-state index is 9.65. The fraction of sp³-hybridized carbons (Fsp3) is 1.00. The van der Waals surface area contributed by atoms with Crippen LogP contribution in [0.2, 0.25) is 0 Å². The average molecular weight is 171 g/mol. The molecule has 0 saturated carbocycles. The van der Waals surface area contributed by atoms with Crippen molar-refractivity contribution >= 4 is 0 Å². The van der Waals surface area contributed by atoms with Crippen molar-refractivity contribution in [1.82, 2.24) is 5.32 Å². The first-order valence-electron chi connectivity index (χ1n) is 5.09. The number of rotatable bonds is 3. The van der Waals surface area contributed by atoms with Crippen LogP contribution < -0.4 is 5.32 Å². The Morgan fingerprint density at radius 2 is 2.25 bits per heavy atom. The van der Waals surface area contributed by atoms with E-state index in [0.717, 1.165) is 19.5 Å². The smallest absolute Gasteiger partial charge is 0.0566 e. The Morgan fingerprint density at radius 1 is 1.50 bits per heavy atom. The van der Waals surface area contributed by atoms with Crippen LogP contribution >= 0.6 is 0 Å². The Hall–Kier alpha value is -0.0800. The van der Waals surface area contributed by atoms with E-state index in [1.807, 2.05) is 0 Å². The van der Waals surface area contributed by atoms with Crippen molar-refractivity contribution in [2.24, 2.45) is 11.8 Å². The minimum Gasteiger partial charge on any atom is -0.393 e. The normalized spacial score (nSPS) is 27.5. The van der Waals surface area contributed by atoms with Gasteiger partial charge in [0, 0.05) is 0 Å². The molecular weight excluding hydrogens is 150 g/mol. The Labute approximate surface area is 75.4 Å². The minimum absolute atomic E-state index is 0.102. The van der Waals surface area contributed by atoms with Crippen LogP contribution in [-0.4, -0.2) is 24.3 Å². The van der Waals surface area contributed by atoms with Crippen molar-refractivity contribution in [2.45, 2.75) is 39.2 Å². The van der Waals surface area contributed by atoms with Gasteiger partial charge in [0.15, 0.2) is 0 Å². The van der Waals surface area contributed by atoms with Crippen LogP contribution in [0.15, 0.2) is 0 Å². The third-order valence-corrected chi connectivity index (χ3v) is 2.74. The number of nitrogens with one attached hydrogen (secondary N) is 1. The number of hydrogen-bond donors (Lipinski definition) is 2. The molecule has 2 unspecified atom stereocenters.